The largest absolute Gasteiger partial charge is 0.346 e. The molecule has 7 nitrogen and oxygen atoms in total. The molecule has 0 fully saturated rings. The predicted octanol–water partition coefficient (Wildman–Crippen LogP) is 2.38. The maximum absolute atomic E-state index is 12.7. The number of amides is 1. The number of benzene rings is 1. The first-order valence-corrected chi connectivity index (χ1v) is 8.13. The van der Waals surface area contributed by atoms with Crippen LogP contribution in [0.15, 0.2) is 79.6 Å². The Balaban J connectivity index is 1.54. The quantitative estimate of drug-likeness (QED) is 0.603. The van der Waals surface area contributed by atoms with Gasteiger partial charge < -0.3 is 5.32 Å². The van der Waals surface area contributed by atoms with Crippen molar-refractivity contribution in [2.24, 2.45) is 0 Å². The van der Waals surface area contributed by atoms with Gasteiger partial charge in [-0.25, -0.2) is 14.6 Å². The molecule has 0 bridgehead atoms. The van der Waals surface area contributed by atoms with E-state index >= 15 is 0 Å². The van der Waals surface area contributed by atoms with Crippen LogP contribution in [0.25, 0.3) is 11.5 Å². The van der Waals surface area contributed by atoms with E-state index < -0.39 is 0 Å². The van der Waals surface area contributed by atoms with Crippen molar-refractivity contribution in [3.05, 3.63) is 90.9 Å². The summed E-state index contributed by atoms with van der Waals surface area (Å²) in [4.78, 5) is 21.1. The molecule has 1 N–H and O–H groups in total. The summed E-state index contributed by atoms with van der Waals surface area (Å²) in [7, 11) is 0. The molecule has 0 atom stereocenters. The molecular weight excluding hydrogens is 328 g/mol. The summed E-state index contributed by atoms with van der Waals surface area (Å²) < 4.78 is 3.43. The number of carbonyl (C=O) groups is 1. The molecule has 3 heterocycles. The molecule has 3 aromatic heterocycles. The van der Waals surface area contributed by atoms with Gasteiger partial charge in [0.05, 0.1) is 12.5 Å². The molecule has 0 unspecified atom stereocenters. The summed E-state index contributed by atoms with van der Waals surface area (Å²) in [5.74, 6) is 0.482. The highest BCUT2D eigenvalue weighted by Crippen LogP contribution is 2.12. The Morgan fingerprint density at radius 1 is 1.04 bits per heavy atom. The van der Waals surface area contributed by atoms with E-state index in [1.54, 1.807) is 34.2 Å². The van der Waals surface area contributed by atoms with Crippen LogP contribution in [-0.2, 0) is 6.54 Å². The first-order valence-electron chi connectivity index (χ1n) is 8.13. The van der Waals surface area contributed by atoms with Crippen molar-refractivity contribution in [3.63, 3.8) is 0 Å². The normalized spacial score (nSPS) is 10.6. The second-order valence-corrected chi connectivity index (χ2v) is 5.60. The van der Waals surface area contributed by atoms with Crippen molar-refractivity contribution >= 4 is 5.91 Å². The van der Waals surface area contributed by atoms with Crippen LogP contribution >= 0.6 is 0 Å². The molecular formula is C19H16N6O. The number of imidazole rings is 1. The van der Waals surface area contributed by atoms with Gasteiger partial charge in [0.2, 0.25) is 0 Å². The summed E-state index contributed by atoms with van der Waals surface area (Å²) in [6.45, 7) is 0.335. The molecule has 0 aliphatic carbocycles. The minimum Gasteiger partial charge on any atom is -0.346 e. The lowest BCUT2D eigenvalue weighted by atomic mass is 10.2. The molecule has 0 spiro atoms. The smallest absolute Gasteiger partial charge is 0.270 e. The van der Waals surface area contributed by atoms with Crippen molar-refractivity contribution in [2.45, 2.75) is 6.54 Å². The molecule has 0 saturated heterocycles. The fraction of sp³-hybridized carbons (Fsp3) is 0.0526. The second-order valence-electron chi connectivity index (χ2n) is 5.60. The maximum atomic E-state index is 12.7. The predicted molar refractivity (Wildman–Crippen MR) is 96.1 cm³/mol. The number of nitrogens with zero attached hydrogens (tertiary/aromatic N) is 5. The van der Waals surface area contributed by atoms with Gasteiger partial charge in [-0.05, 0) is 24.3 Å². The summed E-state index contributed by atoms with van der Waals surface area (Å²) in [5.41, 5.74) is 2.23. The van der Waals surface area contributed by atoms with Crippen molar-refractivity contribution in [1.29, 1.82) is 0 Å². The molecule has 0 aliphatic heterocycles. The Hall–Kier alpha value is -3.74. The molecule has 1 amide bonds. The molecule has 128 valence electrons. The van der Waals surface area contributed by atoms with Crippen molar-refractivity contribution < 1.29 is 4.79 Å². The third kappa shape index (κ3) is 3.10. The summed E-state index contributed by atoms with van der Waals surface area (Å²) >= 11 is 0. The number of para-hydroxylation sites is 1. The molecule has 7 heteroatoms. The summed E-state index contributed by atoms with van der Waals surface area (Å²) in [5, 5.41) is 7.14. The summed E-state index contributed by atoms with van der Waals surface area (Å²) in [6, 6.07) is 15.2. The average Bonchev–Trinajstić information content (AvgIpc) is 3.39. The fourth-order valence-corrected chi connectivity index (χ4v) is 2.69. The average molecular weight is 344 g/mol. The molecule has 0 saturated carbocycles. The zero-order valence-electron chi connectivity index (χ0n) is 13.9. The number of pyridine rings is 1. The van der Waals surface area contributed by atoms with Gasteiger partial charge in [0.15, 0.2) is 5.82 Å². The third-order valence-corrected chi connectivity index (χ3v) is 3.93. The van der Waals surface area contributed by atoms with Crippen LogP contribution in [0.5, 0.6) is 0 Å². The standard InChI is InChI=1S/C19H16N6O/c26-19(17-13-20-14-24(17)16-7-2-1-3-8-16)22-12-15-6-4-9-21-18(15)25-11-5-10-23-25/h1-11,13-14H,12H2,(H,22,26). The zero-order valence-corrected chi connectivity index (χ0v) is 13.9. The molecule has 4 aromatic rings. The van der Waals surface area contributed by atoms with Crippen molar-refractivity contribution in [3.8, 4) is 11.5 Å². The van der Waals surface area contributed by atoms with Crippen LogP contribution in [0.4, 0.5) is 0 Å². The van der Waals surface area contributed by atoms with Gasteiger partial charge in [0.25, 0.3) is 5.91 Å². The molecule has 4 rings (SSSR count). The summed E-state index contributed by atoms with van der Waals surface area (Å²) in [6.07, 6.45) is 8.39. The minimum absolute atomic E-state index is 0.207. The SMILES string of the molecule is O=C(NCc1cccnc1-n1cccn1)c1cncn1-c1ccccc1. The molecule has 26 heavy (non-hydrogen) atoms. The van der Waals surface area contributed by atoms with E-state index in [9.17, 15) is 4.79 Å². The van der Waals surface area contributed by atoms with E-state index in [4.69, 9.17) is 0 Å². The third-order valence-electron chi connectivity index (χ3n) is 3.93. The Morgan fingerprint density at radius 3 is 2.73 bits per heavy atom. The topological polar surface area (TPSA) is 77.6 Å². The Kier molecular flexibility index (Phi) is 4.26. The fourth-order valence-electron chi connectivity index (χ4n) is 2.69. The number of hydrogen-bond acceptors (Lipinski definition) is 4. The van der Waals surface area contributed by atoms with Crippen LogP contribution in [0, 0.1) is 0 Å². The van der Waals surface area contributed by atoms with Crippen LogP contribution in [-0.4, -0.2) is 30.2 Å². The Bertz CT molecular complexity index is 1010. The van der Waals surface area contributed by atoms with Crippen molar-refractivity contribution in [1.82, 2.24) is 29.6 Å². The van der Waals surface area contributed by atoms with E-state index in [-0.39, 0.29) is 5.91 Å². The number of hydrogen-bond donors (Lipinski definition) is 1. The first-order chi connectivity index (χ1) is 12.8. The van der Waals surface area contributed by atoms with E-state index in [0.717, 1.165) is 11.3 Å². The van der Waals surface area contributed by atoms with Gasteiger partial charge in [-0.2, -0.15) is 5.10 Å². The van der Waals surface area contributed by atoms with Crippen LogP contribution in [0.2, 0.25) is 0 Å². The Labute approximate surface area is 150 Å². The van der Waals surface area contributed by atoms with E-state index in [1.165, 1.54) is 0 Å². The lowest BCUT2D eigenvalue weighted by Gasteiger charge is -2.11. The lowest BCUT2D eigenvalue weighted by Crippen LogP contribution is -2.25. The number of aromatic nitrogens is 5. The number of nitrogens with one attached hydrogen (secondary N) is 1. The highest BCUT2D eigenvalue weighted by molar-refractivity contribution is 5.93. The number of rotatable bonds is 5. The molecule has 0 aliphatic rings. The van der Waals surface area contributed by atoms with Crippen LogP contribution in [0.3, 0.4) is 0 Å². The van der Waals surface area contributed by atoms with Gasteiger partial charge in [-0.15, -0.1) is 0 Å². The van der Waals surface area contributed by atoms with Crippen LogP contribution in [0.1, 0.15) is 16.1 Å². The van der Waals surface area contributed by atoms with E-state index in [0.29, 0.717) is 18.1 Å². The molecule has 0 radical (unpaired) electrons. The Morgan fingerprint density at radius 2 is 1.92 bits per heavy atom. The van der Waals surface area contributed by atoms with Gasteiger partial charge >= 0.3 is 0 Å². The highest BCUT2D eigenvalue weighted by Gasteiger charge is 2.14. The van der Waals surface area contributed by atoms with Crippen molar-refractivity contribution in [2.75, 3.05) is 0 Å². The van der Waals surface area contributed by atoms with Gasteiger partial charge in [-0.3, -0.25) is 9.36 Å². The zero-order chi connectivity index (χ0) is 17.8. The molecule has 1 aromatic carbocycles. The monoisotopic (exact) mass is 344 g/mol. The van der Waals surface area contributed by atoms with Gasteiger partial charge in [0, 0.05) is 36.4 Å². The number of carbonyl (C=O) groups excluding carboxylic acids is 1. The van der Waals surface area contributed by atoms with E-state index in [1.807, 2.05) is 54.7 Å². The highest BCUT2D eigenvalue weighted by atomic mass is 16.1. The first kappa shape index (κ1) is 15.8. The lowest BCUT2D eigenvalue weighted by molar-refractivity contribution is 0.0944. The second kappa shape index (κ2) is 7.02. The van der Waals surface area contributed by atoms with Crippen LogP contribution < -0.4 is 5.32 Å². The van der Waals surface area contributed by atoms with Gasteiger partial charge in [0.1, 0.15) is 5.69 Å². The van der Waals surface area contributed by atoms with E-state index in [2.05, 4.69) is 20.4 Å². The maximum Gasteiger partial charge on any atom is 0.270 e. The minimum atomic E-state index is -0.207. The van der Waals surface area contributed by atoms with Gasteiger partial charge in [-0.1, -0.05) is 24.3 Å².